The number of benzene rings is 3. The summed E-state index contributed by atoms with van der Waals surface area (Å²) < 4.78 is 25.2. The van der Waals surface area contributed by atoms with E-state index in [4.69, 9.17) is 9.47 Å². The van der Waals surface area contributed by atoms with E-state index in [2.05, 4.69) is 0 Å². The first-order chi connectivity index (χ1) is 17.3. The Kier molecular flexibility index (Phi) is 7.10. The second-order valence-electron chi connectivity index (χ2n) is 8.77. The summed E-state index contributed by atoms with van der Waals surface area (Å²) in [6.07, 6.45) is 0. The highest BCUT2D eigenvalue weighted by molar-refractivity contribution is 6.51. The molecule has 1 N–H and O–H groups in total. The monoisotopic (exact) mass is 489 g/mol. The minimum Gasteiger partial charge on any atom is -0.507 e. The first kappa shape index (κ1) is 25.0. The number of nitrogens with zero attached hydrogens (tertiary/aromatic N) is 1. The molecule has 0 saturated carbocycles. The Labute approximate surface area is 209 Å². The number of ketones is 1. The van der Waals surface area contributed by atoms with Gasteiger partial charge in [0.2, 0.25) is 0 Å². The van der Waals surface area contributed by atoms with Crippen molar-refractivity contribution < 1.29 is 28.6 Å². The van der Waals surface area contributed by atoms with Crippen LogP contribution in [0.2, 0.25) is 0 Å². The predicted molar refractivity (Wildman–Crippen MR) is 136 cm³/mol. The molecule has 3 aromatic rings. The lowest BCUT2D eigenvalue weighted by molar-refractivity contribution is -0.132. The zero-order valence-electron chi connectivity index (χ0n) is 20.6. The van der Waals surface area contributed by atoms with E-state index in [1.807, 2.05) is 20.8 Å². The van der Waals surface area contributed by atoms with Crippen LogP contribution >= 0.6 is 0 Å². The quantitative estimate of drug-likeness (QED) is 0.251. The van der Waals surface area contributed by atoms with Gasteiger partial charge in [0, 0.05) is 11.3 Å². The Morgan fingerprint density at radius 3 is 2.47 bits per heavy atom. The number of amides is 1. The van der Waals surface area contributed by atoms with Crippen LogP contribution < -0.4 is 14.4 Å². The largest absolute Gasteiger partial charge is 0.507 e. The van der Waals surface area contributed by atoms with Crippen LogP contribution in [0, 0.1) is 5.82 Å². The van der Waals surface area contributed by atoms with Gasteiger partial charge < -0.3 is 14.6 Å². The van der Waals surface area contributed by atoms with Crippen LogP contribution in [0.5, 0.6) is 11.5 Å². The molecular formula is C29H28FNO5. The van der Waals surface area contributed by atoms with Gasteiger partial charge in [-0.1, -0.05) is 32.0 Å². The number of methoxy groups -OCH3 is 1. The Morgan fingerprint density at radius 1 is 1.06 bits per heavy atom. The second kappa shape index (κ2) is 10.2. The summed E-state index contributed by atoms with van der Waals surface area (Å²) in [5.74, 6) is -1.29. The summed E-state index contributed by atoms with van der Waals surface area (Å²) >= 11 is 0. The molecule has 7 heteroatoms. The second-order valence-corrected chi connectivity index (χ2v) is 8.77. The number of halogens is 1. The maximum absolute atomic E-state index is 14.1. The summed E-state index contributed by atoms with van der Waals surface area (Å²) in [4.78, 5) is 27.8. The standard InChI is InChI=1S/C29H28FNO5/c1-5-36-24-13-12-19(15-23(24)17(2)3)27(32)25-26(18-8-6-11-22(14-18)35-4)31(29(34)28(25)33)21-10-7-9-20(30)16-21/h6-17,26,32H,5H2,1-4H3/b27-25-. The molecule has 1 saturated heterocycles. The number of hydrogen-bond donors (Lipinski definition) is 1. The number of hydrogen-bond acceptors (Lipinski definition) is 5. The smallest absolute Gasteiger partial charge is 0.300 e. The van der Waals surface area contributed by atoms with Crippen molar-refractivity contribution >= 4 is 23.1 Å². The van der Waals surface area contributed by atoms with E-state index in [-0.39, 0.29) is 22.9 Å². The van der Waals surface area contributed by atoms with Gasteiger partial charge in [-0.25, -0.2) is 4.39 Å². The molecule has 36 heavy (non-hydrogen) atoms. The highest BCUT2D eigenvalue weighted by atomic mass is 19.1. The average molecular weight is 490 g/mol. The first-order valence-corrected chi connectivity index (χ1v) is 11.7. The van der Waals surface area contributed by atoms with Crippen LogP contribution in [-0.4, -0.2) is 30.5 Å². The third-order valence-corrected chi connectivity index (χ3v) is 6.15. The van der Waals surface area contributed by atoms with Gasteiger partial charge in [-0.3, -0.25) is 14.5 Å². The minimum absolute atomic E-state index is 0.0863. The molecule has 0 aromatic heterocycles. The van der Waals surface area contributed by atoms with E-state index in [9.17, 15) is 19.1 Å². The lowest BCUT2D eigenvalue weighted by atomic mass is 9.93. The maximum atomic E-state index is 14.1. The number of aliphatic hydroxyl groups excluding tert-OH is 1. The van der Waals surface area contributed by atoms with Crippen LogP contribution in [0.15, 0.2) is 72.3 Å². The molecule has 1 atom stereocenters. The Bertz CT molecular complexity index is 1350. The van der Waals surface area contributed by atoms with Crippen LogP contribution in [0.25, 0.3) is 5.76 Å². The summed E-state index contributed by atoms with van der Waals surface area (Å²) in [6, 6.07) is 16.5. The van der Waals surface area contributed by atoms with Crippen molar-refractivity contribution in [3.8, 4) is 11.5 Å². The van der Waals surface area contributed by atoms with Gasteiger partial charge >= 0.3 is 0 Å². The van der Waals surface area contributed by atoms with E-state index in [1.54, 1.807) is 48.5 Å². The van der Waals surface area contributed by atoms with Crippen molar-refractivity contribution in [2.75, 3.05) is 18.6 Å². The van der Waals surface area contributed by atoms with Crippen LogP contribution in [0.4, 0.5) is 10.1 Å². The number of carbonyl (C=O) groups excluding carboxylic acids is 2. The summed E-state index contributed by atoms with van der Waals surface area (Å²) in [5, 5.41) is 11.4. The van der Waals surface area contributed by atoms with Gasteiger partial charge in [-0.05, 0) is 72.5 Å². The van der Waals surface area contributed by atoms with E-state index in [0.717, 1.165) is 5.56 Å². The molecule has 1 aliphatic rings. The highest BCUT2D eigenvalue weighted by Gasteiger charge is 2.47. The van der Waals surface area contributed by atoms with Crippen molar-refractivity contribution in [2.24, 2.45) is 0 Å². The molecule has 4 rings (SSSR count). The zero-order chi connectivity index (χ0) is 26.0. The lowest BCUT2D eigenvalue weighted by Gasteiger charge is -2.26. The predicted octanol–water partition coefficient (Wildman–Crippen LogP) is 5.98. The number of rotatable bonds is 7. The molecule has 0 radical (unpaired) electrons. The summed E-state index contributed by atoms with van der Waals surface area (Å²) in [7, 11) is 1.51. The fraction of sp³-hybridized carbons (Fsp3) is 0.241. The fourth-order valence-corrected chi connectivity index (χ4v) is 4.44. The normalized spacial score (nSPS) is 17.1. The fourth-order valence-electron chi connectivity index (χ4n) is 4.44. The molecule has 3 aromatic carbocycles. The number of aliphatic hydroxyl groups is 1. The van der Waals surface area contributed by atoms with Crippen molar-refractivity contribution in [3.63, 3.8) is 0 Å². The van der Waals surface area contributed by atoms with Gasteiger partial charge in [0.15, 0.2) is 0 Å². The van der Waals surface area contributed by atoms with Gasteiger partial charge in [-0.15, -0.1) is 0 Å². The molecule has 0 bridgehead atoms. The molecular weight excluding hydrogens is 461 g/mol. The zero-order valence-corrected chi connectivity index (χ0v) is 20.6. The minimum atomic E-state index is -0.990. The number of carbonyl (C=O) groups is 2. The molecule has 6 nitrogen and oxygen atoms in total. The third-order valence-electron chi connectivity index (χ3n) is 6.15. The van der Waals surface area contributed by atoms with Gasteiger partial charge in [0.25, 0.3) is 11.7 Å². The van der Waals surface area contributed by atoms with Crippen molar-refractivity contribution in [1.82, 2.24) is 0 Å². The molecule has 1 heterocycles. The van der Waals surface area contributed by atoms with Crippen molar-refractivity contribution in [2.45, 2.75) is 32.7 Å². The Morgan fingerprint density at radius 2 is 1.81 bits per heavy atom. The van der Waals surface area contributed by atoms with E-state index >= 15 is 0 Å². The molecule has 186 valence electrons. The SMILES string of the molecule is CCOc1ccc(/C(O)=C2/C(=O)C(=O)N(c3cccc(F)c3)C2c2cccc(OC)c2)cc1C(C)C. The van der Waals surface area contributed by atoms with Gasteiger partial charge in [0.1, 0.15) is 23.1 Å². The van der Waals surface area contributed by atoms with Gasteiger partial charge in [-0.2, -0.15) is 0 Å². The summed E-state index contributed by atoms with van der Waals surface area (Å²) in [5.41, 5.74) is 1.90. The average Bonchev–Trinajstić information content (AvgIpc) is 3.14. The number of ether oxygens (including phenoxy) is 2. The van der Waals surface area contributed by atoms with E-state index in [1.165, 1.54) is 30.2 Å². The third kappa shape index (κ3) is 4.56. The molecule has 1 aliphatic heterocycles. The van der Waals surface area contributed by atoms with Crippen molar-refractivity contribution in [1.29, 1.82) is 0 Å². The number of Topliss-reactive ketones (excluding diaryl/α,β-unsaturated/α-hetero) is 1. The molecule has 0 spiro atoms. The van der Waals surface area contributed by atoms with Crippen LogP contribution in [0.3, 0.4) is 0 Å². The topological polar surface area (TPSA) is 76.1 Å². The first-order valence-electron chi connectivity index (χ1n) is 11.7. The Balaban J connectivity index is 1.95. The van der Waals surface area contributed by atoms with Crippen LogP contribution in [0.1, 0.15) is 49.4 Å². The van der Waals surface area contributed by atoms with Crippen LogP contribution in [-0.2, 0) is 9.59 Å². The van der Waals surface area contributed by atoms with Crippen molar-refractivity contribution in [3.05, 3.63) is 94.8 Å². The molecule has 1 fully saturated rings. The molecule has 0 aliphatic carbocycles. The highest BCUT2D eigenvalue weighted by Crippen LogP contribution is 2.43. The van der Waals surface area contributed by atoms with Gasteiger partial charge in [0.05, 0.1) is 25.3 Å². The summed E-state index contributed by atoms with van der Waals surface area (Å²) in [6.45, 7) is 6.38. The molecule has 1 unspecified atom stereocenters. The van der Waals surface area contributed by atoms with E-state index < -0.39 is 23.5 Å². The lowest BCUT2D eigenvalue weighted by Crippen LogP contribution is -2.29. The number of anilines is 1. The Hall–Kier alpha value is -4.13. The maximum Gasteiger partial charge on any atom is 0.300 e. The molecule has 1 amide bonds. The van der Waals surface area contributed by atoms with E-state index in [0.29, 0.717) is 29.2 Å².